The van der Waals surface area contributed by atoms with Crippen molar-refractivity contribution < 1.29 is 13.6 Å². The number of carbonyl (C=O) groups is 1. The van der Waals surface area contributed by atoms with Crippen LogP contribution in [0.15, 0.2) is 18.2 Å². The maximum atomic E-state index is 13.9. The van der Waals surface area contributed by atoms with Gasteiger partial charge in [-0.1, -0.05) is 23.7 Å². The van der Waals surface area contributed by atoms with E-state index in [0.717, 1.165) is 0 Å². The first kappa shape index (κ1) is 15.2. The summed E-state index contributed by atoms with van der Waals surface area (Å²) in [5, 5.41) is 5.34. The minimum Gasteiger partial charge on any atom is -0.351 e. The molecule has 0 saturated carbocycles. The summed E-state index contributed by atoms with van der Waals surface area (Å²) in [5.41, 5.74) is 4.06. The monoisotopic (exact) mass is 303 g/mol. The standard InChI is InChI=1S/C13H16ClF2N3O/c14-9-3-1-2-8(11(9)15)5-18-12(20)10-4-13(16,6-17)7-19-10/h1-3,10,19H,4-7,17H2,(H,18,20)/t10-,13-/m0/s1. The molecule has 7 heteroatoms. The van der Waals surface area contributed by atoms with E-state index in [1.807, 2.05) is 0 Å². The number of amides is 1. The highest BCUT2D eigenvalue weighted by Crippen LogP contribution is 2.23. The molecule has 0 radical (unpaired) electrons. The van der Waals surface area contributed by atoms with E-state index < -0.39 is 17.5 Å². The van der Waals surface area contributed by atoms with Crippen molar-refractivity contribution in [2.24, 2.45) is 5.73 Å². The van der Waals surface area contributed by atoms with Gasteiger partial charge in [-0.2, -0.15) is 0 Å². The van der Waals surface area contributed by atoms with Gasteiger partial charge in [-0.3, -0.25) is 4.79 Å². The average molecular weight is 304 g/mol. The highest BCUT2D eigenvalue weighted by Gasteiger charge is 2.40. The molecule has 1 aromatic carbocycles. The molecule has 0 aliphatic carbocycles. The van der Waals surface area contributed by atoms with Crippen molar-refractivity contribution in [1.82, 2.24) is 10.6 Å². The van der Waals surface area contributed by atoms with Crippen molar-refractivity contribution >= 4 is 17.5 Å². The lowest BCUT2D eigenvalue weighted by Gasteiger charge is -2.15. The Morgan fingerprint density at radius 1 is 1.60 bits per heavy atom. The number of halogens is 3. The zero-order chi connectivity index (χ0) is 14.8. The summed E-state index contributed by atoms with van der Waals surface area (Å²) in [4.78, 5) is 11.9. The van der Waals surface area contributed by atoms with Gasteiger partial charge in [-0.05, 0) is 6.07 Å². The van der Waals surface area contributed by atoms with Gasteiger partial charge in [0.1, 0.15) is 11.5 Å². The van der Waals surface area contributed by atoms with Crippen LogP contribution in [-0.4, -0.2) is 30.7 Å². The molecular weight excluding hydrogens is 288 g/mol. The summed E-state index contributed by atoms with van der Waals surface area (Å²) in [7, 11) is 0. The van der Waals surface area contributed by atoms with Crippen molar-refractivity contribution in [2.45, 2.75) is 24.7 Å². The molecule has 1 aliphatic heterocycles. The van der Waals surface area contributed by atoms with Gasteiger partial charge in [-0.15, -0.1) is 0 Å². The van der Waals surface area contributed by atoms with Gasteiger partial charge in [0.15, 0.2) is 0 Å². The summed E-state index contributed by atoms with van der Waals surface area (Å²) < 4.78 is 27.5. The van der Waals surface area contributed by atoms with Gasteiger partial charge in [-0.25, -0.2) is 8.78 Å². The largest absolute Gasteiger partial charge is 0.351 e. The molecule has 2 rings (SSSR count). The van der Waals surface area contributed by atoms with Gasteiger partial charge in [0.25, 0.3) is 0 Å². The Morgan fingerprint density at radius 2 is 2.35 bits per heavy atom. The van der Waals surface area contributed by atoms with Gasteiger partial charge in [0, 0.05) is 31.6 Å². The van der Waals surface area contributed by atoms with Gasteiger partial charge in [0.2, 0.25) is 5.91 Å². The van der Waals surface area contributed by atoms with Crippen LogP contribution >= 0.6 is 11.6 Å². The SMILES string of the molecule is NC[C@]1(F)CN[C@H](C(=O)NCc2cccc(Cl)c2F)C1. The molecule has 4 N–H and O–H groups in total. The lowest BCUT2D eigenvalue weighted by atomic mass is 10.0. The summed E-state index contributed by atoms with van der Waals surface area (Å²) >= 11 is 5.65. The number of hydrogen-bond acceptors (Lipinski definition) is 3. The fourth-order valence-corrected chi connectivity index (χ4v) is 2.34. The first-order chi connectivity index (χ1) is 9.45. The first-order valence-electron chi connectivity index (χ1n) is 6.28. The Labute approximate surface area is 120 Å². The van der Waals surface area contributed by atoms with Crippen LogP contribution in [0.5, 0.6) is 0 Å². The molecule has 1 heterocycles. The average Bonchev–Trinajstić information content (AvgIpc) is 2.84. The maximum Gasteiger partial charge on any atom is 0.237 e. The second kappa shape index (κ2) is 6.03. The van der Waals surface area contributed by atoms with Crippen LogP contribution in [0.3, 0.4) is 0 Å². The van der Waals surface area contributed by atoms with E-state index >= 15 is 0 Å². The summed E-state index contributed by atoms with van der Waals surface area (Å²) in [6.07, 6.45) is 0.0212. The second-order valence-electron chi connectivity index (χ2n) is 4.92. The Hall–Kier alpha value is -1.24. The van der Waals surface area contributed by atoms with Crippen LogP contribution in [0.25, 0.3) is 0 Å². The van der Waals surface area contributed by atoms with Crippen LogP contribution in [0, 0.1) is 5.82 Å². The molecular formula is C13H16ClF2N3O. The normalized spacial score (nSPS) is 25.7. The maximum absolute atomic E-state index is 13.9. The molecule has 0 unspecified atom stereocenters. The van der Waals surface area contributed by atoms with Crippen molar-refractivity contribution in [3.8, 4) is 0 Å². The quantitative estimate of drug-likeness (QED) is 0.781. The van der Waals surface area contributed by atoms with Crippen molar-refractivity contribution in [3.05, 3.63) is 34.6 Å². The van der Waals surface area contributed by atoms with E-state index in [0.29, 0.717) is 0 Å². The predicted molar refractivity (Wildman–Crippen MR) is 72.6 cm³/mol. The Kier molecular flexibility index (Phi) is 4.57. The molecule has 1 amide bonds. The highest BCUT2D eigenvalue weighted by molar-refractivity contribution is 6.30. The highest BCUT2D eigenvalue weighted by atomic mass is 35.5. The van der Waals surface area contributed by atoms with E-state index in [1.54, 1.807) is 6.07 Å². The molecule has 1 aromatic rings. The zero-order valence-electron chi connectivity index (χ0n) is 10.8. The fourth-order valence-electron chi connectivity index (χ4n) is 2.15. The molecule has 1 aliphatic rings. The summed E-state index contributed by atoms with van der Waals surface area (Å²) in [6.45, 7) is -0.0782. The van der Waals surface area contributed by atoms with Gasteiger partial charge in [0.05, 0.1) is 11.1 Å². The van der Waals surface area contributed by atoms with Crippen molar-refractivity contribution in [3.63, 3.8) is 0 Å². The minimum absolute atomic E-state index is 0.00153. The van der Waals surface area contributed by atoms with Crippen molar-refractivity contribution in [2.75, 3.05) is 13.1 Å². The molecule has 4 nitrogen and oxygen atoms in total. The number of nitrogens with two attached hydrogens (primary N) is 1. The Balaban J connectivity index is 1.92. The molecule has 1 fully saturated rings. The predicted octanol–water partition coefficient (Wildman–Crippen LogP) is 1.12. The number of rotatable bonds is 4. The molecule has 20 heavy (non-hydrogen) atoms. The lowest BCUT2D eigenvalue weighted by molar-refractivity contribution is -0.123. The van der Waals surface area contributed by atoms with Gasteiger partial charge < -0.3 is 16.4 Å². The van der Waals surface area contributed by atoms with Gasteiger partial charge >= 0.3 is 0 Å². The van der Waals surface area contributed by atoms with Crippen LogP contribution in [0.2, 0.25) is 5.02 Å². The Morgan fingerprint density at radius 3 is 3.00 bits per heavy atom. The Bertz CT molecular complexity index is 514. The summed E-state index contributed by atoms with van der Waals surface area (Å²) in [6, 6.07) is 3.91. The molecule has 0 bridgehead atoms. The number of nitrogens with one attached hydrogen (secondary N) is 2. The molecule has 0 spiro atoms. The molecule has 2 atom stereocenters. The smallest absolute Gasteiger partial charge is 0.237 e. The number of hydrogen-bond donors (Lipinski definition) is 3. The van der Waals surface area contributed by atoms with Crippen LogP contribution in [0.4, 0.5) is 8.78 Å². The summed E-state index contributed by atoms with van der Waals surface area (Å²) in [5.74, 6) is -0.937. The first-order valence-corrected chi connectivity index (χ1v) is 6.66. The second-order valence-corrected chi connectivity index (χ2v) is 5.33. The number of benzene rings is 1. The van der Waals surface area contributed by atoms with E-state index in [4.69, 9.17) is 17.3 Å². The van der Waals surface area contributed by atoms with Crippen LogP contribution in [0.1, 0.15) is 12.0 Å². The third-order valence-electron chi connectivity index (χ3n) is 3.40. The van der Waals surface area contributed by atoms with Crippen LogP contribution in [-0.2, 0) is 11.3 Å². The third kappa shape index (κ3) is 3.26. The minimum atomic E-state index is -1.55. The number of carbonyl (C=O) groups excluding carboxylic acids is 1. The van der Waals surface area contributed by atoms with E-state index in [1.165, 1.54) is 12.1 Å². The zero-order valence-corrected chi connectivity index (χ0v) is 11.5. The molecule has 110 valence electrons. The van der Waals surface area contributed by atoms with Crippen LogP contribution < -0.4 is 16.4 Å². The van der Waals surface area contributed by atoms with Crippen molar-refractivity contribution in [1.29, 1.82) is 0 Å². The van der Waals surface area contributed by atoms with E-state index in [-0.39, 0.29) is 42.5 Å². The number of alkyl halides is 1. The van der Waals surface area contributed by atoms with E-state index in [9.17, 15) is 13.6 Å². The van der Waals surface area contributed by atoms with E-state index in [2.05, 4.69) is 10.6 Å². The fraction of sp³-hybridized carbons (Fsp3) is 0.462. The molecule has 0 aromatic heterocycles. The third-order valence-corrected chi connectivity index (χ3v) is 3.69. The topological polar surface area (TPSA) is 67.1 Å². The lowest BCUT2D eigenvalue weighted by Crippen LogP contribution is -2.40. The molecule has 1 saturated heterocycles.